The average molecular weight is 194 g/mol. The van der Waals surface area contributed by atoms with Gasteiger partial charge < -0.3 is 4.74 Å². The highest BCUT2D eigenvalue weighted by Gasteiger charge is 2.35. The average Bonchev–Trinajstić information content (AvgIpc) is 2.79. The standard InChI is InChI=1S/C13H22O/c1-2-3-4-7-14-10-13-9-11-5-6-12(13)8-11/h5-6,11-13H,2-4,7-10H2,1H3. The van der Waals surface area contributed by atoms with Gasteiger partial charge in [-0.25, -0.2) is 0 Å². The van der Waals surface area contributed by atoms with E-state index in [0.29, 0.717) is 0 Å². The summed E-state index contributed by atoms with van der Waals surface area (Å²) < 4.78 is 5.74. The number of hydrogen-bond donors (Lipinski definition) is 0. The van der Waals surface area contributed by atoms with Crippen molar-refractivity contribution in [1.82, 2.24) is 0 Å². The van der Waals surface area contributed by atoms with Gasteiger partial charge in [0.15, 0.2) is 0 Å². The Labute approximate surface area is 87.5 Å². The van der Waals surface area contributed by atoms with Gasteiger partial charge in [-0.15, -0.1) is 0 Å². The van der Waals surface area contributed by atoms with Crippen LogP contribution >= 0.6 is 0 Å². The zero-order valence-corrected chi connectivity index (χ0v) is 9.24. The van der Waals surface area contributed by atoms with Crippen molar-refractivity contribution in [1.29, 1.82) is 0 Å². The van der Waals surface area contributed by atoms with E-state index in [2.05, 4.69) is 19.1 Å². The van der Waals surface area contributed by atoms with Gasteiger partial charge in [0, 0.05) is 13.2 Å². The molecule has 0 aromatic rings. The van der Waals surface area contributed by atoms with Gasteiger partial charge in [0.2, 0.25) is 0 Å². The van der Waals surface area contributed by atoms with E-state index in [-0.39, 0.29) is 0 Å². The quantitative estimate of drug-likeness (QED) is 0.465. The van der Waals surface area contributed by atoms with Crippen LogP contribution in [0.4, 0.5) is 0 Å². The van der Waals surface area contributed by atoms with E-state index < -0.39 is 0 Å². The molecule has 0 N–H and O–H groups in total. The normalized spacial score (nSPS) is 34.2. The SMILES string of the molecule is CCCCCOCC1CC2C=CC1C2. The second kappa shape index (κ2) is 4.97. The maximum atomic E-state index is 5.74. The van der Waals surface area contributed by atoms with Crippen LogP contribution < -0.4 is 0 Å². The van der Waals surface area contributed by atoms with E-state index in [1.165, 1.54) is 32.1 Å². The minimum absolute atomic E-state index is 0.839. The van der Waals surface area contributed by atoms with Crippen molar-refractivity contribution in [2.24, 2.45) is 17.8 Å². The molecule has 0 spiro atoms. The molecule has 2 rings (SSSR count). The third kappa shape index (κ3) is 2.38. The lowest BCUT2D eigenvalue weighted by Gasteiger charge is -2.17. The fourth-order valence-corrected chi connectivity index (χ4v) is 2.78. The third-order valence-corrected chi connectivity index (χ3v) is 3.64. The van der Waals surface area contributed by atoms with Crippen molar-refractivity contribution in [3.8, 4) is 0 Å². The van der Waals surface area contributed by atoms with Crippen LogP contribution in [0.1, 0.15) is 39.0 Å². The number of rotatable bonds is 6. The maximum absolute atomic E-state index is 5.74. The van der Waals surface area contributed by atoms with Crippen molar-refractivity contribution < 1.29 is 4.74 Å². The molecule has 80 valence electrons. The number of ether oxygens (including phenoxy) is 1. The van der Waals surface area contributed by atoms with Crippen molar-refractivity contribution >= 4 is 0 Å². The molecule has 0 saturated heterocycles. The summed E-state index contributed by atoms with van der Waals surface area (Å²) in [4.78, 5) is 0. The molecule has 3 unspecified atom stereocenters. The highest BCUT2D eigenvalue weighted by atomic mass is 16.5. The molecule has 2 aliphatic carbocycles. The van der Waals surface area contributed by atoms with E-state index in [9.17, 15) is 0 Å². The first-order valence-electron chi connectivity index (χ1n) is 6.16. The second-order valence-electron chi connectivity index (χ2n) is 4.82. The Bertz CT molecular complexity index is 197. The van der Waals surface area contributed by atoms with Gasteiger partial charge in [-0.2, -0.15) is 0 Å². The Morgan fingerprint density at radius 2 is 2.14 bits per heavy atom. The van der Waals surface area contributed by atoms with E-state index in [1.54, 1.807) is 0 Å². The summed E-state index contributed by atoms with van der Waals surface area (Å²) in [5.41, 5.74) is 0. The van der Waals surface area contributed by atoms with E-state index in [1.807, 2.05) is 0 Å². The molecule has 0 heterocycles. The van der Waals surface area contributed by atoms with Gasteiger partial charge in [0.05, 0.1) is 0 Å². The zero-order chi connectivity index (χ0) is 9.80. The molecule has 1 saturated carbocycles. The molecule has 0 aliphatic heterocycles. The Morgan fingerprint density at radius 3 is 2.79 bits per heavy atom. The number of unbranched alkanes of at least 4 members (excludes halogenated alkanes) is 2. The summed E-state index contributed by atoms with van der Waals surface area (Å²) in [7, 11) is 0. The van der Waals surface area contributed by atoms with Crippen LogP contribution in [0.2, 0.25) is 0 Å². The maximum Gasteiger partial charge on any atom is 0.0500 e. The van der Waals surface area contributed by atoms with Crippen LogP contribution in [0.3, 0.4) is 0 Å². The fourth-order valence-electron chi connectivity index (χ4n) is 2.78. The molecule has 3 atom stereocenters. The van der Waals surface area contributed by atoms with Gasteiger partial charge in [-0.1, -0.05) is 31.9 Å². The monoisotopic (exact) mass is 194 g/mol. The van der Waals surface area contributed by atoms with Gasteiger partial charge in [0.25, 0.3) is 0 Å². The van der Waals surface area contributed by atoms with Crippen molar-refractivity contribution in [2.75, 3.05) is 13.2 Å². The molecule has 14 heavy (non-hydrogen) atoms. The summed E-state index contributed by atoms with van der Waals surface area (Å²) in [6.07, 6.45) is 11.5. The largest absolute Gasteiger partial charge is 0.381 e. The molecule has 0 radical (unpaired) electrons. The molecule has 0 amide bonds. The predicted molar refractivity (Wildman–Crippen MR) is 59.2 cm³/mol. The first-order chi connectivity index (χ1) is 6.90. The second-order valence-corrected chi connectivity index (χ2v) is 4.82. The van der Waals surface area contributed by atoms with Gasteiger partial charge in [-0.05, 0) is 37.0 Å². The van der Waals surface area contributed by atoms with Crippen LogP contribution in [0.5, 0.6) is 0 Å². The minimum atomic E-state index is 0.839. The van der Waals surface area contributed by atoms with Crippen LogP contribution in [0.15, 0.2) is 12.2 Å². The molecule has 0 aromatic heterocycles. The first kappa shape index (κ1) is 10.2. The topological polar surface area (TPSA) is 9.23 Å². The summed E-state index contributed by atoms with van der Waals surface area (Å²) >= 11 is 0. The molecule has 1 fully saturated rings. The van der Waals surface area contributed by atoms with Crippen molar-refractivity contribution in [2.45, 2.75) is 39.0 Å². The lowest BCUT2D eigenvalue weighted by molar-refractivity contribution is 0.0879. The zero-order valence-electron chi connectivity index (χ0n) is 9.24. The predicted octanol–water partition coefficient (Wildman–Crippen LogP) is 3.41. The molecule has 0 aromatic carbocycles. The fraction of sp³-hybridized carbons (Fsp3) is 0.846. The first-order valence-corrected chi connectivity index (χ1v) is 6.16. The lowest BCUT2D eigenvalue weighted by Crippen LogP contribution is -2.14. The van der Waals surface area contributed by atoms with E-state index in [0.717, 1.165) is 31.0 Å². The molecular weight excluding hydrogens is 172 g/mol. The molecular formula is C13H22O. The van der Waals surface area contributed by atoms with E-state index in [4.69, 9.17) is 4.74 Å². The summed E-state index contributed by atoms with van der Waals surface area (Å²) in [6, 6.07) is 0. The van der Waals surface area contributed by atoms with Gasteiger partial charge >= 0.3 is 0 Å². The van der Waals surface area contributed by atoms with Crippen LogP contribution in [0, 0.1) is 17.8 Å². The Hall–Kier alpha value is -0.300. The van der Waals surface area contributed by atoms with Crippen LogP contribution in [-0.2, 0) is 4.74 Å². The summed E-state index contributed by atoms with van der Waals surface area (Å²) in [5, 5.41) is 0. The van der Waals surface area contributed by atoms with Crippen LogP contribution in [0.25, 0.3) is 0 Å². The molecule has 1 nitrogen and oxygen atoms in total. The van der Waals surface area contributed by atoms with E-state index >= 15 is 0 Å². The molecule has 2 aliphatic rings. The lowest BCUT2D eigenvalue weighted by atomic mass is 9.95. The summed E-state index contributed by atoms with van der Waals surface area (Å²) in [6.45, 7) is 4.22. The molecule has 2 bridgehead atoms. The number of hydrogen-bond acceptors (Lipinski definition) is 1. The van der Waals surface area contributed by atoms with Crippen molar-refractivity contribution in [3.05, 3.63) is 12.2 Å². The van der Waals surface area contributed by atoms with Gasteiger partial charge in [-0.3, -0.25) is 0 Å². The highest BCUT2D eigenvalue weighted by Crippen LogP contribution is 2.43. The smallest absolute Gasteiger partial charge is 0.0500 e. The number of allylic oxidation sites excluding steroid dienone is 2. The van der Waals surface area contributed by atoms with Crippen LogP contribution in [-0.4, -0.2) is 13.2 Å². The Balaban J connectivity index is 1.56. The van der Waals surface area contributed by atoms with Gasteiger partial charge in [0.1, 0.15) is 0 Å². The summed E-state index contributed by atoms with van der Waals surface area (Å²) in [5.74, 6) is 2.59. The molecule has 1 heteroatoms. The third-order valence-electron chi connectivity index (χ3n) is 3.64. The minimum Gasteiger partial charge on any atom is -0.381 e. The Morgan fingerprint density at radius 1 is 1.21 bits per heavy atom. The number of fused-ring (bicyclic) bond motifs is 2. The van der Waals surface area contributed by atoms with Crippen molar-refractivity contribution in [3.63, 3.8) is 0 Å². The highest BCUT2D eigenvalue weighted by molar-refractivity contribution is 5.09. The Kier molecular flexibility index (Phi) is 3.63.